The van der Waals surface area contributed by atoms with Gasteiger partial charge in [0.15, 0.2) is 0 Å². The van der Waals surface area contributed by atoms with Gasteiger partial charge in [0, 0.05) is 42.9 Å². The lowest BCUT2D eigenvalue weighted by atomic mass is 9.91. The molecule has 1 spiro atoms. The van der Waals surface area contributed by atoms with Crippen molar-refractivity contribution in [2.45, 2.75) is 38.0 Å². The second kappa shape index (κ2) is 7.64. The largest absolute Gasteiger partial charge is 0.508 e. The molecule has 3 aliphatic rings. The molecule has 1 fully saturated rings. The summed E-state index contributed by atoms with van der Waals surface area (Å²) in [6.45, 7) is 3.24. The molecule has 2 aromatic carbocycles. The molecule has 7 nitrogen and oxygen atoms in total. The average Bonchev–Trinajstić information content (AvgIpc) is 3.23. The zero-order valence-corrected chi connectivity index (χ0v) is 18.0. The lowest BCUT2D eigenvalue weighted by Crippen LogP contribution is -2.59. The molecule has 2 aromatic rings. The third-order valence-electron chi connectivity index (χ3n) is 6.23. The van der Waals surface area contributed by atoms with Crippen molar-refractivity contribution >= 4 is 23.4 Å². The van der Waals surface area contributed by atoms with E-state index in [0.29, 0.717) is 44.0 Å². The number of carbonyl (C=O) groups is 1. The minimum absolute atomic E-state index is 0.000367. The minimum Gasteiger partial charge on any atom is -0.508 e. The number of hydrogen-bond acceptors (Lipinski definition) is 6. The van der Waals surface area contributed by atoms with Gasteiger partial charge in [-0.05, 0) is 55.0 Å². The Balaban J connectivity index is 1.49. The van der Waals surface area contributed by atoms with E-state index in [-0.39, 0.29) is 17.9 Å². The summed E-state index contributed by atoms with van der Waals surface area (Å²) in [5.74, 6) is 1.04. The number of aromatic hydroxyl groups is 1. The lowest BCUT2D eigenvalue weighted by Gasteiger charge is -2.51. The number of halogens is 1. The van der Waals surface area contributed by atoms with Crippen LogP contribution in [0.25, 0.3) is 0 Å². The van der Waals surface area contributed by atoms with Gasteiger partial charge in [-0.2, -0.15) is 5.10 Å². The number of phenols is 1. The molecule has 0 aromatic heterocycles. The van der Waals surface area contributed by atoms with Crippen LogP contribution >= 0.6 is 11.6 Å². The summed E-state index contributed by atoms with van der Waals surface area (Å²) >= 11 is 6.30. The van der Waals surface area contributed by atoms with Crippen molar-refractivity contribution in [3.8, 4) is 11.5 Å². The normalized spacial score (nSPS) is 21.2. The monoisotopic (exact) mass is 441 g/mol. The third-order valence-corrected chi connectivity index (χ3v) is 6.47. The second-order valence-electron chi connectivity index (χ2n) is 8.07. The van der Waals surface area contributed by atoms with E-state index in [4.69, 9.17) is 26.2 Å². The first-order valence-corrected chi connectivity index (χ1v) is 10.9. The Morgan fingerprint density at radius 3 is 2.71 bits per heavy atom. The number of benzene rings is 2. The van der Waals surface area contributed by atoms with Crippen LogP contribution in [0.4, 0.5) is 4.79 Å². The standard InChI is InChI=1S/C23H24ClN3O4/c1-2-30-22(29)26-11-9-23(10-12-26)27-20(18-13-16(24)5-8-21(18)31-23)14-19(25-27)15-3-6-17(28)7-4-15/h3-8,13,20,28H,2,9-12,14H2,1H3/t20-/m1/s1. The van der Waals surface area contributed by atoms with E-state index in [1.54, 1.807) is 17.0 Å². The smallest absolute Gasteiger partial charge is 0.409 e. The maximum atomic E-state index is 12.2. The molecule has 3 heterocycles. The average molecular weight is 442 g/mol. The second-order valence-corrected chi connectivity index (χ2v) is 8.51. The summed E-state index contributed by atoms with van der Waals surface area (Å²) in [5, 5.41) is 17.4. The number of hydrazone groups is 1. The molecule has 1 amide bonds. The number of nitrogens with zero attached hydrogens (tertiary/aromatic N) is 3. The number of rotatable bonds is 2. The maximum Gasteiger partial charge on any atom is 0.409 e. The van der Waals surface area contributed by atoms with Gasteiger partial charge in [0.05, 0.1) is 18.4 Å². The van der Waals surface area contributed by atoms with E-state index < -0.39 is 5.72 Å². The van der Waals surface area contributed by atoms with Crippen LogP contribution in [0.3, 0.4) is 0 Å². The van der Waals surface area contributed by atoms with Crippen molar-refractivity contribution in [1.29, 1.82) is 0 Å². The maximum absolute atomic E-state index is 12.2. The van der Waals surface area contributed by atoms with Crippen LogP contribution in [-0.2, 0) is 4.74 Å². The highest BCUT2D eigenvalue weighted by molar-refractivity contribution is 6.30. The molecule has 31 heavy (non-hydrogen) atoms. The fourth-order valence-corrected chi connectivity index (χ4v) is 4.85. The zero-order valence-electron chi connectivity index (χ0n) is 17.3. The van der Waals surface area contributed by atoms with E-state index in [1.165, 1.54) is 0 Å². The third kappa shape index (κ3) is 3.47. The van der Waals surface area contributed by atoms with E-state index in [0.717, 1.165) is 22.6 Å². The summed E-state index contributed by atoms with van der Waals surface area (Å²) < 4.78 is 11.7. The molecule has 0 aliphatic carbocycles. The van der Waals surface area contributed by atoms with Crippen molar-refractivity contribution in [3.05, 3.63) is 58.6 Å². The van der Waals surface area contributed by atoms with Gasteiger partial charge in [0.25, 0.3) is 0 Å². The van der Waals surface area contributed by atoms with Crippen LogP contribution in [0.2, 0.25) is 5.02 Å². The molecule has 0 bridgehead atoms. The number of amides is 1. The molecule has 5 rings (SSSR count). The number of piperidine rings is 1. The van der Waals surface area contributed by atoms with Crippen molar-refractivity contribution in [1.82, 2.24) is 9.91 Å². The highest BCUT2D eigenvalue weighted by atomic mass is 35.5. The molecule has 0 radical (unpaired) electrons. The molecule has 1 N–H and O–H groups in total. The highest BCUT2D eigenvalue weighted by Crippen LogP contribution is 2.50. The van der Waals surface area contributed by atoms with Crippen LogP contribution in [0.5, 0.6) is 11.5 Å². The zero-order chi connectivity index (χ0) is 21.6. The van der Waals surface area contributed by atoms with Crippen LogP contribution < -0.4 is 4.74 Å². The Hall–Kier alpha value is -2.93. The number of likely N-dealkylation sites (tertiary alicyclic amines) is 1. The predicted octanol–water partition coefficient (Wildman–Crippen LogP) is 4.54. The van der Waals surface area contributed by atoms with Crippen LogP contribution in [0, 0.1) is 0 Å². The molecular formula is C23H24ClN3O4. The molecule has 162 valence electrons. The van der Waals surface area contributed by atoms with Crippen molar-refractivity contribution in [3.63, 3.8) is 0 Å². The Morgan fingerprint density at radius 1 is 1.26 bits per heavy atom. The minimum atomic E-state index is -0.632. The Kier molecular flexibility index (Phi) is 4.93. The number of phenolic OH excluding ortho intramolecular Hbond substituents is 1. The highest BCUT2D eigenvalue weighted by Gasteiger charge is 2.52. The first kappa shape index (κ1) is 20.0. The van der Waals surface area contributed by atoms with Gasteiger partial charge in [-0.3, -0.25) is 0 Å². The first-order chi connectivity index (χ1) is 15.0. The SMILES string of the molecule is CCOC(=O)N1CCC2(CC1)Oc1ccc(Cl)cc1[C@H]1CC(c3ccc(O)cc3)=NN12. The van der Waals surface area contributed by atoms with Crippen LogP contribution in [0.1, 0.15) is 43.4 Å². The molecule has 8 heteroatoms. The first-order valence-electron chi connectivity index (χ1n) is 10.6. The number of carbonyl (C=O) groups excluding carboxylic acids is 1. The van der Waals surface area contributed by atoms with Gasteiger partial charge in [-0.1, -0.05) is 11.6 Å². The van der Waals surface area contributed by atoms with Gasteiger partial charge < -0.3 is 19.5 Å². The van der Waals surface area contributed by atoms with Crippen LogP contribution in [-0.4, -0.2) is 52.2 Å². The summed E-state index contributed by atoms with van der Waals surface area (Å²) in [6.07, 6.45) is 1.67. The lowest BCUT2D eigenvalue weighted by molar-refractivity contribution is -0.147. The molecule has 0 unspecified atom stereocenters. The quantitative estimate of drug-likeness (QED) is 0.740. The van der Waals surface area contributed by atoms with Gasteiger partial charge in [-0.25, -0.2) is 9.80 Å². The Bertz CT molecular complexity index is 1030. The summed E-state index contributed by atoms with van der Waals surface area (Å²) in [5.41, 5.74) is 2.29. The topological polar surface area (TPSA) is 74.6 Å². The van der Waals surface area contributed by atoms with Crippen molar-refractivity contribution in [2.75, 3.05) is 19.7 Å². The van der Waals surface area contributed by atoms with Crippen molar-refractivity contribution in [2.24, 2.45) is 5.10 Å². The van der Waals surface area contributed by atoms with E-state index in [1.807, 2.05) is 37.3 Å². The molecule has 3 aliphatic heterocycles. The molecule has 1 atom stereocenters. The number of hydrogen-bond donors (Lipinski definition) is 1. The van der Waals surface area contributed by atoms with E-state index in [9.17, 15) is 9.90 Å². The van der Waals surface area contributed by atoms with Crippen LogP contribution in [0.15, 0.2) is 47.6 Å². The van der Waals surface area contributed by atoms with Gasteiger partial charge in [0.2, 0.25) is 5.72 Å². The summed E-state index contributed by atoms with van der Waals surface area (Å²) in [6, 6.07) is 12.8. The van der Waals surface area contributed by atoms with Crippen molar-refractivity contribution < 1.29 is 19.4 Å². The molecular weight excluding hydrogens is 418 g/mol. The van der Waals surface area contributed by atoms with Gasteiger partial charge in [0.1, 0.15) is 11.5 Å². The van der Waals surface area contributed by atoms with Gasteiger partial charge >= 0.3 is 6.09 Å². The molecule has 0 saturated carbocycles. The summed E-state index contributed by atoms with van der Waals surface area (Å²) in [7, 11) is 0. The molecule has 1 saturated heterocycles. The predicted molar refractivity (Wildman–Crippen MR) is 116 cm³/mol. The Morgan fingerprint density at radius 2 is 2.00 bits per heavy atom. The van der Waals surface area contributed by atoms with Gasteiger partial charge in [-0.15, -0.1) is 0 Å². The number of ether oxygens (including phenoxy) is 2. The number of fused-ring (bicyclic) bond motifs is 4. The Labute approximate surface area is 185 Å². The van der Waals surface area contributed by atoms with E-state index in [2.05, 4.69) is 5.01 Å². The fourth-order valence-electron chi connectivity index (χ4n) is 4.67. The van der Waals surface area contributed by atoms with E-state index >= 15 is 0 Å². The summed E-state index contributed by atoms with van der Waals surface area (Å²) in [4.78, 5) is 13.9. The fraction of sp³-hybridized carbons (Fsp3) is 0.391.